The summed E-state index contributed by atoms with van der Waals surface area (Å²) >= 11 is 0. The summed E-state index contributed by atoms with van der Waals surface area (Å²) in [7, 11) is 0. The highest BCUT2D eigenvalue weighted by Gasteiger charge is 2.23. The molecule has 2 unspecified atom stereocenters. The molecular weight excluding hydrogens is 264 g/mol. The number of amides is 2. The Morgan fingerprint density at radius 3 is 2.55 bits per heavy atom. The number of carbonyl (C=O) groups is 2. The molecule has 0 saturated heterocycles. The molecule has 0 rings (SSSR count). The van der Waals surface area contributed by atoms with E-state index in [2.05, 4.69) is 29.5 Å². The predicted octanol–water partition coefficient (Wildman–Crippen LogP) is -2.50. The topological polar surface area (TPSA) is 143 Å². The van der Waals surface area contributed by atoms with Crippen molar-refractivity contribution in [1.29, 1.82) is 0 Å². The first-order valence-electron chi connectivity index (χ1n) is 6.93. The molecule has 0 bridgehead atoms. The van der Waals surface area contributed by atoms with Crippen LogP contribution >= 0.6 is 0 Å². The SMILES string of the molecule is CCCCOCC(O)CC(CCC(=O)N[NH3+])C(=O)N[NH3+]. The standard InChI is InChI=1S/C12H26N4O4/c1-2-3-6-20-8-10(17)7-9(12(19)16-14)4-5-11(18)15-13/h9-10,17H,2-8,13-14H2,1H3,(H,15,18)(H,16,19)/p+2. The molecule has 8 heteroatoms. The van der Waals surface area contributed by atoms with Gasteiger partial charge in [0, 0.05) is 18.9 Å². The van der Waals surface area contributed by atoms with Gasteiger partial charge in [-0.2, -0.15) is 0 Å². The fourth-order valence-corrected chi connectivity index (χ4v) is 1.76. The molecule has 2 atom stereocenters. The Hall–Kier alpha value is -1.22. The van der Waals surface area contributed by atoms with Crippen LogP contribution in [0.3, 0.4) is 0 Å². The zero-order chi connectivity index (χ0) is 15.4. The number of aliphatic hydroxyl groups excluding tert-OH is 1. The second-order valence-electron chi connectivity index (χ2n) is 4.69. The van der Waals surface area contributed by atoms with E-state index in [0.29, 0.717) is 13.0 Å². The third-order valence-corrected chi connectivity index (χ3v) is 2.97. The van der Waals surface area contributed by atoms with Gasteiger partial charge in [-0.15, -0.1) is 0 Å². The molecule has 0 aliphatic heterocycles. The fourth-order valence-electron chi connectivity index (χ4n) is 1.76. The maximum atomic E-state index is 11.7. The van der Waals surface area contributed by atoms with Crippen LogP contribution in [-0.2, 0) is 14.3 Å². The zero-order valence-corrected chi connectivity index (χ0v) is 12.2. The van der Waals surface area contributed by atoms with E-state index in [0.717, 1.165) is 12.8 Å². The van der Waals surface area contributed by atoms with E-state index in [1.54, 1.807) is 0 Å². The van der Waals surface area contributed by atoms with Gasteiger partial charge in [-0.05, 0) is 19.3 Å². The van der Waals surface area contributed by atoms with Gasteiger partial charge in [0.25, 0.3) is 11.8 Å². The molecule has 0 aromatic rings. The summed E-state index contributed by atoms with van der Waals surface area (Å²) < 4.78 is 5.31. The van der Waals surface area contributed by atoms with Gasteiger partial charge in [0.1, 0.15) is 0 Å². The molecule has 0 radical (unpaired) electrons. The molecule has 0 aromatic carbocycles. The fraction of sp³-hybridized carbons (Fsp3) is 0.833. The van der Waals surface area contributed by atoms with Crippen molar-refractivity contribution < 1.29 is 31.1 Å². The lowest BCUT2D eigenvalue weighted by atomic mass is 9.95. The van der Waals surface area contributed by atoms with Crippen molar-refractivity contribution >= 4 is 11.8 Å². The van der Waals surface area contributed by atoms with Crippen molar-refractivity contribution in [3.63, 3.8) is 0 Å². The van der Waals surface area contributed by atoms with Gasteiger partial charge in [0.05, 0.1) is 12.7 Å². The number of carbonyl (C=O) groups excluding carboxylic acids is 2. The molecule has 0 spiro atoms. The van der Waals surface area contributed by atoms with Crippen LogP contribution in [-0.4, -0.2) is 36.2 Å². The van der Waals surface area contributed by atoms with Gasteiger partial charge in [0.15, 0.2) is 0 Å². The number of rotatable bonds is 11. The van der Waals surface area contributed by atoms with Crippen LogP contribution in [0.2, 0.25) is 0 Å². The highest BCUT2D eigenvalue weighted by atomic mass is 16.5. The summed E-state index contributed by atoms with van der Waals surface area (Å²) in [4.78, 5) is 22.8. The summed E-state index contributed by atoms with van der Waals surface area (Å²) in [6, 6.07) is 0. The van der Waals surface area contributed by atoms with E-state index in [1.165, 1.54) is 0 Å². The molecule has 20 heavy (non-hydrogen) atoms. The molecule has 0 aromatic heterocycles. The van der Waals surface area contributed by atoms with Crippen LogP contribution < -0.4 is 22.5 Å². The van der Waals surface area contributed by atoms with Crippen molar-refractivity contribution in [2.45, 2.75) is 45.1 Å². The minimum atomic E-state index is -0.725. The molecule has 8 nitrogen and oxygen atoms in total. The average Bonchev–Trinajstić information content (AvgIpc) is 2.46. The Labute approximate surface area is 119 Å². The number of nitrogens with one attached hydrogen (secondary N) is 2. The van der Waals surface area contributed by atoms with Crippen molar-refractivity contribution in [1.82, 2.24) is 10.9 Å². The molecule has 9 N–H and O–H groups in total. The first kappa shape index (κ1) is 18.8. The average molecular weight is 292 g/mol. The number of aliphatic hydroxyl groups is 1. The highest BCUT2D eigenvalue weighted by molar-refractivity contribution is 5.79. The van der Waals surface area contributed by atoms with E-state index in [4.69, 9.17) is 4.74 Å². The third kappa shape index (κ3) is 8.81. The molecule has 0 aliphatic rings. The minimum absolute atomic E-state index is 0.186. The van der Waals surface area contributed by atoms with Crippen molar-refractivity contribution in [3.8, 4) is 0 Å². The van der Waals surface area contributed by atoms with E-state index in [-0.39, 0.29) is 31.3 Å². The third-order valence-electron chi connectivity index (χ3n) is 2.97. The second-order valence-corrected chi connectivity index (χ2v) is 4.69. The van der Waals surface area contributed by atoms with Crippen LogP contribution in [0.25, 0.3) is 0 Å². The summed E-state index contributed by atoms with van der Waals surface area (Å²) in [5.74, 6) is 5.61. The first-order chi connectivity index (χ1) is 9.54. The zero-order valence-electron chi connectivity index (χ0n) is 12.2. The quantitative estimate of drug-likeness (QED) is 0.212. The van der Waals surface area contributed by atoms with Gasteiger partial charge < -0.3 is 9.84 Å². The van der Waals surface area contributed by atoms with Gasteiger partial charge in [-0.25, -0.2) is 10.9 Å². The Balaban J connectivity index is 4.13. The van der Waals surface area contributed by atoms with Crippen LogP contribution in [0.5, 0.6) is 0 Å². The van der Waals surface area contributed by atoms with E-state index >= 15 is 0 Å². The van der Waals surface area contributed by atoms with Crippen molar-refractivity contribution in [3.05, 3.63) is 0 Å². The van der Waals surface area contributed by atoms with E-state index in [1.807, 2.05) is 0 Å². The first-order valence-corrected chi connectivity index (χ1v) is 6.93. The number of quaternary nitrogens is 2. The highest BCUT2D eigenvalue weighted by Crippen LogP contribution is 2.14. The Morgan fingerprint density at radius 2 is 2.00 bits per heavy atom. The number of hydrogen-bond acceptors (Lipinski definition) is 4. The summed E-state index contributed by atoms with van der Waals surface area (Å²) in [6.45, 7) is 2.86. The maximum Gasteiger partial charge on any atom is 0.268 e. The van der Waals surface area contributed by atoms with Crippen molar-refractivity contribution in [2.75, 3.05) is 13.2 Å². The number of hydrogen-bond donors (Lipinski definition) is 5. The Kier molecular flexibility index (Phi) is 10.9. The summed E-state index contributed by atoms with van der Waals surface area (Å²) in [6.07, 6.45) is 2.02. The van der Waals surface area contributed by atoms with E-state index < -0.39 is 12.0 Å². The largest absolute Gasteiger partial charge is 0.391 e. The van der Waals surface area contributed by atoms with Crippen molar-refractivity contribution in [2.24, 2.45) is 5.92 Å². The molecule has 2 amide bonds. The molecule has 118 valence electrons. The minimum Gasteiger partial charge on any atom is -0.391 e. The Morgan fingerprint density at radius 1 is 1.30 bits per heavy atom. The predicted molar refractivity (Wildman–Crippen MR) is 71.1 cm³/mol. The molecule has 0 fully saturated rings. The lowest BCUT2D eigenvalue weighted by Crippen LogP contribution is -2.68. The summed E-state index contributed by atoms with van der Waals surface area (Å²) in [5, 5.41) is 9.85. The monoisotopic (exact) mass is 292 g/mol. The van der Waals surface area contributed by atoms with Gasteiger partial charge in [-0.1, -0.05) is 13.3 Å². The molecule has 0 saturated carbocycles. The maximum absolute atomic E-state index is 11.7. The lowest BCUT2D eigenvalue weighted by molar-refractivity contribution is -0.428. The van der Waals surface area contributed by atoms with Crippen LogP contribution in [0.1, 0.15) is 39.0 Å². The number of ether oxygens (including phenoxy) is 1. The smallest absolute Gasteiger partial charge is 0.268 e. The van der Waals surface area contributed by atoms with Gasteiger partial charge >= 0.3 is 0 Å². The molecule has 0 aliphatic carbocycles. The lowest BCUT2D eigenvalue weighted by Gasteiger charge is -2.17. The molecule has 0 heterocycles. The molecular formula is C12H28N4O4+2. The number of unbranched alkanes of at least 4 members (excludes halogenated alkanes) is 1. The van der Waals surface area contributed by atoms with Crippen LogP contribution in [0, 0.1) is 5.92 Å². The van der Waals surface area contributed by atoms with Crippen LogP contribution in [0.15, 0.2) is 0 Å². The summed E-state index contributed by atoms with van der Waals surface area (Å²) in [5.41, 5.74) is 4.56. The van der Waals surface area contributed by atoms with Crippen LogP contribution in [0.4, 0.5) is 0 Å². The Bertz CT molecular complexity index is 289. The van der Waals surface area contributed by atoms with E-state index in [9.17, 15) is 14.7 Å². The second kappa shape index (κ2) is 11.6. The normalized spacial score (nSPS) is 13.6. The van der Waals surface area contributed by atoms with Gasteiger partial charge in [0.2, 0.25) is 0 Å². The van der Waals surface area contributed by atoms with Gasteiger partial charge in [-0.3, -0.25) is 21.3 Å².